The highest BCUT2D eigenvalue weighted by molar-refractivity contribution is 6.12. The molecule has 0 saturated heterocycles. The zero-order valence-corrected chi connectivity index (χ0v) is 6.85. The largest absolute Gasteiger partial charge is 0.336 e. The van der Waals surface area contributed by atoms with Crippen LogP contribution in [-0.4, -0.2) is 37.2 Å². The first-order chi connectivity index (χ1) is 3.68. The average molecular weight is 135 g/mol. The van der Waals surface area contributed by atoms with Gasteiger partial charge in [-0.05, 0) is 0 Å². The third kappa shape index (κ3) is 1.91. The summed E-state index contributed by atoms with van der Waals surface area (Å²) in [4.78, 5) is 0. The van der Waals surface area contributed by atoms with Crippen LogP contribution in [0.2, 0.25) is 0 Å². The van der Waals surface area contributed by atoms with Gasteiger partial charge in [-0.15, -0.1) is 0 Å². The fourth-order valence-electron chi connectivity index (χ4n) is 0.250. The van der Waals surface area contributed by atoms with Crippen molar-refractivity contribution in [2.75, 3.05) is 21.3 Å². The van der Waals surface area contributed by atoms with E-state index in [2.05, 4.69) is 0 Å². The molecule has 0 unspecified atom stereocenters. The molecule has 3 nitrogen and oxygen atoms in total. The van der Waals surface area contributed by atoms with E-state index in [0.717, 1.165) is 0 Å². The van der Waals surface area contributed by atoms with Crippen LogP contribution in [0, 0.1) is 0 Å². The number of hydrogen-bond donors (Lipinski definition) is 0. The molecule has 0 saturated carbocycles. The Morgan fingerprint density at radius 3 is 1.25 bits per heavy atom. The number of hydrogen-bond acceptors (Lipinski definition) is 3. The van der Waals surface area contributed by atoms with Crippen molar-refractivity contribution in [3.05, 3.63) is 0 Å². The Bertz CT molecular complexity index is 54.0. The molecule has 0 aliphatic rings. The Labute approximate surface area is 52.3 Å². The number of ether oxygens (including phenoxy) is 3. The zero-order chi connectivity index (χ0) is 6.62. The molecule has 0 aromatic carbocycles. The number of methoxy groups -OCH3 is 3. The highest BCUT2D eigenvalue weighted by Crippen LogP contribution is 2.03. The molecule has 0 amide bonds. The summed E-state index contributed by atoms with van der Waals surface area (Å²) in [7, 11) is 6.07. The molecule has 4 heteroatoms. The van der Waals surface area contributed by atoms with Crippen molar-refractivity contribution in [3.8, 4) is 0 Å². The van der Waals surface area contributed by atoms with E-state index >= 15 is 0 Å². The van der Waals surface area contributed by atoms with Gasteiger partial charge in [0.05, 0.1) is 0 Å². The Morgan fingerprint density at radius 1 is 1.00 bits per heavy atom. The van der Waals surface area contributed by atoms with Crippen molar-refractivity contribution in [1.82, 2.24) is 0 Å². The van der Waals surface area contributed by atoms with E-state index in [0.29, 0.717) is 0 Å². The minimum Gasteiger partial charge on any atom is -0.336 e. The molecule has 0 aliphatic carbocycles. The maximum Gasteiger partial charge on any atom is 0.245 e. The van der Waals surface area contributed by atoms with E-state index in [1.54, 1.807) is 0 Å². The summed E-state index contributed by atoms with van der Waals surface area (Å²) in [6.07, 6.45) is 0. The normalized spacial score (nSPS) is 12.0. The fraction of sp³-hybridized carbons (Fsp3) is 1.00. The highest BCUT2D eigenvalue weighted by Gasteiger charge is 2.19. The second-order valence-electron chi connectivity index (χ2n) is 1.30. The van der Waals surface area contributed by atoms with Crippen LogP contribution in [0.15, 0.2) is 0 Å². The van der Waals surface area contributed by atoms with Crippen molar-refractivity contribution < 1.29 is 14.2 Å². The Hall–Kier alpha value is 0.0969. The maximum absolute atomic E-state index is 4.80. The molecule has 0 atom stereocenters. The molecule has 0 bridgehead atoms. The molecule has 0 aromatic rings. The van der Waals surface area contributed by atoms with Crippen LogP contribution in [0.5, 0.6) is 0 Å². The monoisotopic (exact) mass is 135 g/mol. The van der Waals surface area contributed by atoms with Gasteiger partial charge in [0, 0.05) is 21.3 Å². The van der Waals surface area contributed by atoms with Crippen molar-refractivity contribution in [1.29, 1.82) is 0 Å². The molecule has 0 aromatic heterocycles. The Kier molecular flexibility index (Phi) is 3.23. The lowest BCUT2D eigenvalue weighted by Crippen LogP contribution is -2.36. The van der Waals surface area contributed by atoms with Crippen LogP contribution in [0.25, 0.3) is 0 Å². The van der Waals surface area contributed by atoms with Crippen molar-refractivity contribution in [2.45, 2.75) is 5.60 Å². The van der Waals surface area contributed by atoms with Gasteiger partial charge in [0.2, 0.25) is 5.60 Å². The zero-order valence-electron chi connectivity index (χ0n) is 5.43. The van der Waals surface area contributed by atoms with Gasteiger partial charge in [-0.25, -0.2) is 0 Å². The number of rotatable bonds is 3. The smallest absolute Gasteiger partial charge is 0.245 e. The summed E-state index contributed by atoms with van der Waals surface area (Å²) in [5.41, 5.74) is -0.847. The predicted octanol–water partition coefficient (Wildman–Crippen LogP) is -0.830. The quantitative estimate of drug-likeness (QED) is 0.373. The molecule has 0 heterocycles. The van der Waals surface area contributed by atoms with Gasteiger partial charge in [-0.2, -0.15) is 0 Å². The van der Waals surface area contributed by atoms with Gasteiger partial charge in [0.25, 0.3) is 0 Å². The second kappa shape index (κ2) is 3.19. The van der Waals surface area contributed by atoms with E-state index in [4.69, 9.17) is 14.2 Å². The molecule has 8 heavy (non-hydrogen) atoms. The van der Waals surface area contributed by atoms with E-state index in [1.165, 1.54) is 31.6 Å². The first-order valence-electron chi connectivity index (χ1n) is 2.19. The van der Waals surface area contributed by atoms with Crippen LogP contribution in [0.3, 0.4) is 0 Å². The molecule has 0 spiro atoms. The van der Waals surface area contributed by atoms with E-state index in [-0.39, 0.29) is 0 Å². The first kappa shape index (κ1) is 8.10. The molecule has 1 radical (unpaired) electrons. The first-order valence-corrected chi connectivity index (χ1v) is 2.90. The van der Waals surface area contributed by atoms with E-state index in [9.17, 15) is 0 Å². The maximum atomic E-state index is 4.80. The van der Waals surface area contributed by atoms with Crippen LogP contribution >= 0.6 is 0 Å². The third-order valence-corrected chi connectivity index (χ3v) is 1.80. The van der Waals surface area contributed by atoms with Gasteiger partial charge in [0.15, 0.2) is 0 Å². The topological polar surface area (TPSA) is 27.7 Å². The molecule has 0 rings (SSSR count). The Morgan fingerprint density at radius 2 is 1.25 bits per heavy atom. The predicted molar refractivity (Wildman–Crippen MR) is 32.3 cm³/mol. The lowest BCUT2D eigenvalue weighted by Gasteiger charge is -2.23. The average Bonchev–Trinajstić information content (AvgIpc) is 1.87. The summed E-state index contributed by atoms with van der Waals surface area (Å²) in [6.45, 7) is 0. The summed E-state index contributed by atoms with van der Waals surface area (Å²) < 4.78 is 14.4. The van der Waals surface area contributed by atoms with Gasteiger partial charge in [-0.3, -0.25) is 0 Å². The fourth-order valence-corrected chi connectivity index (χ4v) is 0.250. The van der Waals surface area contributed by atoms with Gasteiger partial charge in [-0.1, -0.05) is 0 Å². The van der Waals surface area contributed by atoms with E-state index < -0.39 is 5.60 Å². The van der Waals surface area contributed by atoms with Crippen LogP contribution in [0.1, 0.15) is 0 Å². The van der Waals surface area contributed by atoms with Gasteiger partial charge >= 0.3 is 0 Å². The minimum absolute atomic E-state index is 0.847. The molecule has 0 fully saturated rings. The van der Waals surface area contributed by atoms with Crippen LogP contribution in [-0.2, 0) is 14.2 Å². The van der Waals surface area contributed by atoms with Crippen LogP contribution < -0.4 is 0 Å². The van der Waals surface area contributed by atoms with Crippen molar-refractivity contribution >= 4 is 10.2 Å². The Balaban J connectivity index is 3.58. The highest BCUT2D eigenvalue weighted by atomic mass is 28.1. The summed E-state index contributed by atoms with van der Waals surface area (Å²) >= 11 is 0. The van der Waals surface area contributed by atoms with Gasteiger partial charge in [0.1, 0.15) is 10.2 Å². The molecule has 0 aliphatic heterocycles. The lowest BCUT2D eigenvalue weighted by atomic mass is 11.1. The molecular weight excluding hydrogens is 124 g/mol. The van der Waals surface area contributed by atoms with E-state index in [1.807, 2.05) is 0 Å². The standard InChI is InChI=1S/C4H11O3Si/c1-5-4(8,6-2)7-3/h8H2,1-3H3. The third-order valence-electron chi connectivity index (χ3n) is 0.933. The summed E-state index contributed by atoms with van der Waals surface area (Å²) in [6, 6.07) is 0. The molecule has 0 N–H and O–H groups in total. The second-order valence-corrected chi connectivity index (χ2v) is 2.16. The van der Waals surface area contributed by atoms with Crippen molar-refractivity contribution in [3.63, 3.8) is 0 Å². The lowest BCUT2D eigenvalue weighted by molar-refractivity contribution is -0.292. The summed E-state index contributed by atoms with van der Waals surface area (Å²) in [5, 5.41) is 0. The SMILES string of the molecule is COC([SiH2])(OC)OC. The minimum atomic E-state index is -0.847. The van der Waals surface area contributed by atoms with Crippen LogP contribution in [0.4, 0.5) is 0 Å². The molecule has 49 valence electrons. The molecular formula is C4H11O3Si. The summed E-state index contributed by atoms with van der Waals surface area (Å²) in [5.74, 6) is 0. The van der Waals surface area contributed by atoms with Gasteiger partial charge < -0.3 is 14.2 Å². The van der Waals surface area contributed by atoms with Crippen molar-refractivity contribution in [2.24, 2.45) is 0 Å².